The van der Waals surface area contributed by atoms with Crippen molar-refractivity contribution in [1.29, 1.82) is 0 Å². The molecule has 6 rings (SSSR count). The largest absolute Gasteiger partial charge is 0.394 e. The van der Waals surface area contributed by atoms with E-state index in [0.29, 0.717) is 60.7 Å². The molecule has 0 bridgehead atoms. The molecule has 1 aliphatic carbocycles. The summed E-state index contributed by atoms with van der Waals surface area (Å²) in [6.07, 6.45) is 1.38. The van der Waals surface area contributed by atoms with E-state index in [4.69, 9.17) is 27.2 Å². The molecule has 2 aromatic carbocycles. The molecule has 2 aliphatic heterocycles. The van der Waals surface area contributed by atoms with E-state index in [2.05, 4.69) is 10.3 Å². The number of aromatic nitrogens is 3. The molecule has 2 saturated heterocycles. The fraction of sp³-hybridized carbons (Fsp3) is 0.385. The Morgan fingerprint density at radius 3 is 2.27 bits per heavy atom. The van der Waals surface area contributed by atoms with Crippen LogP contribution in [0.2, 0.25) is 0 Å². The van der Waals surface area contributed by atoms with Crippen LogP contribution in [-0.2, 0) is 0 Å². The predicted octanol–water partition coefficient (Wildman–Crippen LogP) is 0.590. The average Bonchev–Trinajstić information content (AvgIpc) is 3.40. The third-order valence-corrected chi connectivity index (χ3v) is 7.31. The summed E-state index contributed by atoms with van der Waals surface area (Å²) < 4.78 is 0. The van der Waals surface area contributed by atoms with E-state index in [-0.39, 0.29) is 36.6 Å². The van der Waals surface area contributed by atoms with Crippen LogP contribution in [0, 0.1) is 0 Å². The number of nitrogens with two attached hydrogens (primary N) is 3. The van der Waals surface area contributed by atoms with E-state index >= 15 is 0 Å². The summed E-state index contributed by atoms with van der Waals surface area (Å²) in [7, 11) is 0. The van der Waals surface area contributed by atoms with E-state index < -0.39 is 0 Å². The third kappa shape index (κ3) is 4.40. The zero-order valence-electron chi connectivity index (χ0n) is 20.4. The third-order valence-electron chi connectivity index (χ3n) is 7.31. The Labute approximate surface area is 214 Å². The number of nitrogens with zero attached hydrogens (tertiary/aromatic N) is 5. The Morgan fingerprint density at radius 2 is 1.51 bits per heavy atom. The van der Waals surface area contributed by atoms with Crippen molar-refractivity contribution in [3.05, 3.63) is 53.6 Å². The zero-order chi connectivity index (χ0) is 25.7. The summed E-state index contributed by atoms with van der Waals surface area (Å²) in [5, 5.41) is 13.2. The lowest BCUT2D eigenvalue weighted by atomic mass is 10.0. The van der Waals surface area contributed by atoms with Crippen LogP contribution in [-0.4, -0.2) is 76.3 Å². The first-order valence-electron chi connectivity index (χ1n) is 12.6. The number of aliphatic hydroxyl groups is 1. The van der Waals surface area contributed by atoms with Crippen LogP contribution in [0.5, 0.6) is 0 Å². The molecule has 2 fully saturated rings. The summed E-state index contributed by atoms with van der Waals surface area (Å²) in [6.45, 7) is 1.62. The second kappa shape index (κ2) is 9.34. The van der Waals surface area contributed by atoms with Crippen molar-refractivity contribution in [3.8, 4) is 11.1 Å². The van der Waals surface area contributed by atoms with Crippen LogP contribution in [0.25, 0.3) is 11.1 Å². The molecule has 3 aromatic rings. The van der Waals surface area contributed by atoms with E-state index in [9.17, 15) is 9.90 Å². The predicted molar refractivity (Wildman–Crippen MR) is 142 cm³/mol. The summed E-state index contributed by atoms with van der Waals surface area (Å²) in [5.74, 6) is 1.21. The quantitative estimate of drug-likeness (QED) is 0.259. The summed E-state index contributed by atoms with van der Waals surface area (Å²) in [5.41, 5.74) is 22.6. The number of carbonyl (C=O) groups excluding carboxylic acids is 1. The van der Waals surface area contributed by atoms with Crippen molar-refractivity contribution in [1.82, 2.24) is 15.0 Å². The number of carbonyl (C=O) groups is 1. The number of aliphatic hydroxyl groups excluding tert-OH is 1. The summed E-state index contributed by atoms with van der Waals surface area (Å²) in [4.78, 5) is 31.0. The van der Waals surface area contributed by atoms with Gasteiger partial charge in [0.15, 0.2) is 5.78 Å². The molecule has 11 nitrogen and oxygen atoms in total. The van der Waals surface area contributed by atoms with E-state index in [0.717, 1.165) is 17.5 Å². The minimum absolute atomic E-state index is 0.000548. The molecule has 1 aromatic heterocycles. The van der Waals surface area contributed by atoms with Gasteiger partial charge < -0.3 is 37.4 Å². The molecule has 0 radical (unpaired) electrons. The smallest absolute Gasteiger partial charge is 0.233 e. The number of fused-ring (bicyclic) bond motifs is 3. The normalized spacial score (nSPS) is 24.8. The molecule has 11 heteroatoms. The van der Waals surface area contributed by atoms with Gasteiger partial charge in [0.2, 0.25) is 17.8 Å². The topological polar surface area (TPSA) is 173 Å². The number of hydrogen-bond acceptors (Lipinski definition) is 11. The lowest BCUT2D eigenvalue weighted by Crippen LogP contribution is -2.53. The molecule has 3 heterocycles. The Bertz CT molecular complexity index is 1340. The van der Waals surface area contributed by atoms with Gasteiger partial charge >= 0.3 is 0 Å². The maximum Gasteiger partial charge on any atom is 0.233 e. The minimum Gasteiger partial charge on any atom is -0.394 e. The van der Waals surface area contributed by atoms with Gasteiger partial charge in [-0.3, -0.25) is 4.79 Å². The lowest BCUT2D eigenvalue weighted by molar-refractivity contribution is 0.104. The molecule has 0 amide bonds. The van der Waals surface area contributed by atoms with Gasteiger partial charge in [-0.1, -0.05) is 30.3 Å². The van der Waals surface area contributed by atoms with E-state index in [1.54, 1.807) is 0 Å². The maximum atomic E-state index is 13.0. The molecular formula is C26H31N9O2. The Hall–Kier alpha value is -3.64. The average molecular weight is 502 g/mol. The number of hydrogen-bond donors (Lipinski definition) is 5. The van der Waals surface area contributed by atoms with Gasteiger partial charge in [-0.15, -0.1) is 0 Å². The number of anilines is 4. The van der Waals surface area contributed by atoms with Gasteiger partial charge in [0.1, 0.15) is 0 Å². The molecule has 0 spiro atoms. The van der Waals surface area contributed by atoms with Crippen molar-refractivity contribution in [2.75, 3.05) is 41.4 Å². The number of nitrogens with one attached hydrogen (secondary N) is 1. The SMILES string of the molecule is N[C@@H]1C[C@H](N)CN(c2nc(Nc3ccc4c(c3)C(=O)c3ccccc3-4)nc(N3C[C@H](N)C[C@@H]3CO)n2)C1. The summed E-state index contributed by atoms with van der Waals surface area (Å²) in [6, 6.07) is 12.9. The van der Waals surface area contributed by atoms with Crippen molar-refractivity contribution >= 4 is 29.3 Å². The molecule has 0 unspecified atom stereocenters. The van der Waals surface area contributed by atoms with Crippen LogP contribution in [0.1, 0.15) is 28.8 Å². The highest BCUT2D eigenvalue weighted by Gasteiger charge is 2.33. The molecule has 3 aliphatic rings. The van der Waals surface area contributed by atoms with Crippen molar-refractivity contribution in [2.45, 2.75) is 37.0 Å². The number of ketones is 1. The van der Waals surface area contributed by atoms with Gasteiger partial charge in [-0.05, 0) is 36.1 Å². The van der Waals surface area contributed by atoms with Gasteiger partial charge in [0, 0.05) is 54.6 Å². The highest BCUT2D eigenvalue weighted by Crippen LogP contribution is 2.38. The first-order chi connectivity index (χ1) is 17.9. The molecule has 8 N–H and O–H groups in total. The molecule has 0 saturated carbocycles. The first kappa shape index (κ1) is 23.7. The lowest BCUT2D eigenvalue weighted by Gasteiger charge is -2.35. The Balaban J connectivity index is 1.36. The molecule has 192 valence electrons. The van der Waals surface area contributed by atoms with Crippen molar-refractivity contribution < 1.29 is 9.90 Å². The molecular weight excluding hydrogens is 470 g/mol. The second-order valence-electron chi connectivity index (χ2n) is 10.2. The number of rotatable bonds is 5. The van der Waals surface area contributed by atoms with Gasteiger partial charge in [-0.25, -0.2) is 0 Å². The minimum atomic E-state index is -0.180. The highest BCUT2D eigenvalue weighted by atomic mass is 16.3. The Kier molecular flexibility index (Phi) is 6.00. The van der Waals surface area contributed by atoms with Crippen molar-refractivity contribution in [3.63, 3.8) is 0 Å². The second-order valence-corrected chi connectivity index (χ2v) is 10.2. The standard InChI is InChI=1S/C26H31N9O2/c27-14-7-15(28)11-34(10-14)25-31-24(32-26(33-25)35-12-16(29)8-18(35)13-36)30-17-5-6-20-19-3-1-2-4-21(19)23(37)22(20)9-17/h1-6,9,14-16,18,36H,7-8,10-13,27-29H2,(H,30,31,32,33)/t14-,15+,16-,18-/m1/s1. The Morgan fingerprint density at radius 1 is 0.838 bits per heavy atom. The van der Waals surface area contributed by atoms with E-state index in [1.807, 2.05) is 52.3 Å². The fourth-order valence-electron chi connectivity index (χ4n) is 5.63. The number of piperidine rings is 1. The van der Waals surface area contributed by atoms with Crippen LogP contribution >= 0.6 is 0 Å². The summed E-state index contributed by atoms with van der Waals surface area (Å²) >= 11 is 0. The highest BCUT2D eigenvalue weighted by molar-refractivity contribution is 6.22. The van der Waals surface area contributed by atoms with Crippen LogP contribution in [0.4, 0.5) is 23.5 Å². The fourth-order valence-corrected chi connectivity index (χ4v) is 5.63. The maximum absolute atomic E-state index is 13.0. The number of benzene rings is 2. The monoisotopic (exact) mass is 501 g/mol. The van der Waals surface area contributed by atoms with Gasteiger partial charge in [0.25, 0.3) is 0 Å². The van der Waals surface area contributed by atoms with Gasteiger partial charge in [-0.2, -0.15) is 15.0 Å². The van der Waals surface area contributed by atoms with Crippen LogP contribution < -0.4 is 32.3 Å². The molecule has 37 heavy (non-hydrogen) atoms. The first-order valence-corrected chi connectivity index (χ1v) is 12.6. The van der Waals surface area contributed by atoms with Crippen molar-refractivity contribution in [2.24, 2.45) is 17.2 Å². The van der Waals surface area contributed by atoms with E-state index in [1.165, 1.54) is 0 Å². The molecule has 4 atom stereocenters. The van der Waals surface area contributed by atoms with Gasteiger partial charge in [0.05, 0.1) is 12.6 Å². The zero-order valence-corrected chi connectivity index (χ0v) is 20.4. The van der Waals surface area contributed by atoms with Crippen LogP contribution in [0.3, 0.4) is 0 Å². The van der Waals surface area contributed by atoms with Crippen LogP contribution in [0.15, 0.2) is 42.5 Å².